The molecule has 1 atom stereocenters. The molecule has 1 aromatic heterocycles. The Balaban J connectivity index is 1.83. The fourth-order valence-electron chi connectivity index (χ4n) is 3.50. The molecular formula is C20H25N3OS. The minimum Gasteiger partial charge on any atom is -0.369 e. The molecule has 1 amide bonds. The van der Waals surface area contributed by atoms with Gasteiger partial charge in [0.25, 0.3) is 5.91 Å². The Bertz CT molecular complexity index is 809. The molecular weight excluding hydrogens is 330 g/mol. The number of hydrogen-bond donors (Lipinski definition) is 1. The SMILES string of the molecule is Cc1cc2c(cc1/C=N\NC(=O)c1cccs1)C(C)CC(C)(C)N2C. The highest BCUT2D eigenvalue weighted by Crippen LogP contribution is 2.43. The predicted molar refractivity (Wildman–Crippen MR) is 106 cm³/mol. The molecule has 1 N–H and O–H groups in total. The Labute approximate surface area is 153 Å². The molecule has 0 saturated carbocycles. The Morgan fingerprint density at radius 2 is 2.20 bits per heavy atom. The van der Waals surface area contributed by atoms with E-state index in [-0.39, 0.29) is 11.4 Å². The maximum Gasteiger partial charge on any atom is 0.281 e. The number of carbonyl (C=O) groups excluding carboxylic acids is 1. The fourth-order valence-corrected chi connectivity index (χ4v) is 4.11. The van der Waals surface area contributed by atoms with Crippen molar-refractivity contribution in [3.63, 3.8) is 0 Å². The van der Waals surface area contributed by atoms with E-state index < -0.39 is 0 Å². The molecule has 3 rings (SSSR count). The number of nitrogens with zero attached hydrogens (tertiary/aromatic N) is 2. The summed E-state index contributed by atoms with van der Waals surface area (Å²) in [6, 6.07) is 8.09. The fraction of sp³-hybridized carbons (Fsp3) is 0.400. The van der Waals surface area contributed by atoms with Gasteiger partial charge in [0, 0.05) is 18.3 Å². The highest BCUT2D eigenvalue weighted by molar-refractivity contribution is 7.12. The number of aryl methyl sites for hydroxylation is 1. The van der Waals surface area contributed by atoms with E-state index in [4.69, 9.17) is 0 Å². The van der Waals surface area contributed by atoms with Crippen LogP contribution in [0.25, 0.3) is 0 Å². The summed E-state index contributed by atoms with van der Waals surface area (Å²) >= 11 is 1.41. The third kappa shape index (κ3) is 3.47. The second-order valence-electron chi connectivity index (χ2n) is 7.42. The van der Waals surface area contributed by atoms with Gasteiger partial charge < -0.3 is 4.90 Å². The molecule has 25 heavy (non-hydrogen) atoms. The third-order valence-electron chi connectivity index (χ3n) is 5.14. The van der Waals surface area contributed by atoms with Crippen LogP contribution < -0.4 is 10.3 Å². The largest absolute Gasteiger partial charge is 0.369 e. The molecule has 1 aliphatic rings. The lowest BCUT2D eigenvalue weighted by Gasteiger charge is -2.45. The van der Waals surface area contributed by atoms with Gasteiger partial charge in [-0.15, -0.1) is 11.3 Å². The quantitative estimate of drug-likeness (QED) is 0.649. The molecule has 2 heterocycles. The van der Waals surface area contributed by atoms with E-state index in [0.29, 0.717) is 10.8 Å². The van der Waals surface area contributed by atoms with E-state index in [0.717, 1.165) is 17.5 Å². The summed E-state index contributed by atoms with van der Waals surface area (Å²) in [5.74, 6) is 0.325. The first-order valence-electron chi connectivity index (χ1n) is 8.55. The van der Waals surface area contributed by atoms with Gasteiger partial charge in [-0.05, 0) is 73.4 Å². The van der Waals surface area contributed by atoms with Gasteiger partial charge in [0.2, 0.25) is 0 Å². The number of rotatable bonds is 3. The van der Waals surface area contributed by atoms with Crippen LogP contribution in [-0.4, -0.2) is 24.7 Å². The predicted octanol–water partition coefficient (Wildman–Crippen LogP) is 4.54. The van der Waals surface area contributed by atoms with Crippen LogP contribution in [0.15, 0.2) is 34.7 Å². The molecule has 132 valence electrons. The van der Waals surface area contributed by atoms with Crippen molar-refractivity contribution in [1.29, 1.82) is 0 Å². The first-order valence-corrected chi connectivity index (χ1v) is 9.43. The second-order valence-corrected chi connectivity index (χ2v) is 8.37. The maximum atomic E-state index is 12.0. The van der Waals surface area contributed by atoms with Crippen LogP contribution in [0, 0.1) is 6.92 Å². The van der Waals surface area contributed by atoms with Crippen LogP contribution in [-0.2, 0) is 0 Å². The van der Waals surface area contributed by atoms with Crippen molar-refractivity contribution >= 4 is 29.1 Å². The van der Waals surface area contributed by atoms with Crippen LogP contribution in [0.3, 0.4) is 0 Å². The lowest BCUT2D eigenvalue weighted by atomic mass is 9.79. The molecule has 0 aliphatic carbocycles. The summed E-state index contributed by atoms with van der Waals surface area (Å²) in [5.41, 5.74) is 7.60. The van der Waals surface area contributed by atoms with Gasteiger partial charge in [0.15, 0.2) is 0 Å². The number of amides is 1. The van der Waals surface area contributed by atoms with Gasteiger partial charge in [-0.2, -0.15) is 5.10 Å². The molecule has 0 saturated heterocycles. The number of thiophene rings is 1. The smallest absolute Gasteiger partial charge is 0.281 e. The normalized spacial score (nSPS) is 19.1. The second kappa shape index (κ2) is 6.64. The van der Waals surface area contributed by atoms with Crippen molar-refractivity contribution in [2.45, 2.75) is 45.6 Å². The molecule has 0 spiro atoms. The van der Waals surface area contributed by atoms with Gasteiger partial charge in [0.1, 0.15) is 0 Å². The van der Waals surface area contributed by atoms with Crippen LogP contribution in [0.4, 0.5) is 5.69 Å². The molecule has 2 aromatic rings. The molecule has 0 bridgehead atoms. The number of anilines is 1. The van der Waals surface area contributed by atoms with Gasteiger partial charge in [0.05, 0.1) is 11.1 Å². The summed E-state index contributed by atoms with van der Waals surface area (Å²) < 4.78 is 0. The van der Waals surface area contributed by atoms with E-state index in [1.807, 2.05) is 11.4 Å². The molecule has 0 radical (unpaired) electrons. The third-order valence-corrected chi connectivity index (χ3v) is 6.00. The lowest BCUT2D eigenvalue weighted by molar-refractivity contribution is 0.0959. The average molecular weight is 356 g/mol. The maximum absolute atomic E-state index is 12.0. The van der Waals surface area contributed by atoms with E-state index in [2.05, 4.69) is 62.3 Å². The standard InChI is InChI=1S/C20H25N3OS/c1-13-9-17-16(14(2)11-20(3,4)23(17)5)10-15(13)12-21-22-19(24)18-7-6-8-25-18/h6-10,12,14H,11H2,1-5H3,(H,22,24)/b21-12-. The minimum absolute atomic E-state index is 0.156. The van der Waals surface area contributed by atoms with Crippen molar-refractivity contribution < 1.29 is 4.79 Å². The van der Waals surface area contributed by atoms with Crippen LogP contribution in [0.1, 0.15) is 59.5 Å². The van der Waals surface area contributed by atoms with E-state index in [9.17, 15) is 4.79 Å². The van der Waals surface area contributed by atoms with Crippen LogP contribution >= 0.6 is 11.3 Å². The number of benzene rings is 1. The Morgan fingerprint density at radius 3 is 2.88 bits per heavy atom. The van der Waals surface area contributed by atoms with Crippen LogP contribution in [0.2, 0.25) is 0 Å². The molecule has 4 nitrogen and oxygen atoms in total. The summed E-state index contributed by atoms with van der Waals surface area (Å²) in [6.07, 6.45) is 2.86. The number of fused-ring (bicyclic) bond motifs is 1. The Morgan fingerprint density at radius 1 is 1.44 bits per heavy atom. The zero-order valence-electron chi connectivity index (χ0n) is 15.5. The monoisotopic (exact) mass is 355 g/mol. The molecule has 1 unspecified atom stereocenters. The van der Waals surface area contributed by atoms with Crippen molar-refractivity contribution in [2.75, 3.05) is 11.9 Å². The molecule has 5 heteroatoms. The van der Waals surface area contributed by atoms with E-state index in [1.54, 1.807) is 12.3 Å². The van der Waals surface area contributed by atoms with Crippen molar-refractivity contribution in [1.82, 2.24) is 5.43 Å². The summed E-state index contributed by atoms with van der Waals surface area (Å²) in [7, 11) is 2.17. The summed E-state index contributed by atoms with van der Waals surface area (Å²) in [6.45, 7) is 8.94. The van der Waals surface area contributed by atoms with Gasteiger partial charge in [-0.1, -0.05) is 13.0 Å². The Kier molecular flexibility index (Phi) is 4.69. The van der Waals surface area contributed by atoms with Gasteiger partial charge in [-0.3, -0.25) is 4.79 Å². The molecule has 0 fully saturated rings. The number of carbonyl (C=O) groups is 1. The van der Waals surface area contributed by atoms with Crippen molar-refractivity contribution in [3.05, 3.63) is 51.2 Å². The molecule has 1 aromatic carbocycles. The average Bonchev–Trinajstić information content (AvgIpc) is 3.08. The Hall–Kier alpha value is -2.14. The van der Waals surface area contributed by atoms with Crippen LogP contribution in [0.5, 0.6) is 0 Å². The highest BCUT2D eigenvalue weighted by Gasteiger charge is 2.34. The van der Waals surface area contributed by atoms with E-state index >= 15 is 0 Å². The number of nitrogens with one attached hydrogen (secondary N) is 1. The number of hydrogen-bond acceptors (Lipinski definition) is 4. The number of hydrazone groups is 1. The van der Waals surface area contributed by atoms with Gasteiger partial charge in [-0.25, -0.2) is 5.43 Å². The minimum atomic E-state index is -0.170. The van der Waals surface area contributed by atoms with Crippen molar-refractivity contribution in [2.24, 2.45) is 5.10 Å². The molecule has 1 aliphatic heterocycles. The first kappa shape index (κ1) is 17.7. The van der Waals surface area contributed by atoms with E-state index in [1.165, 1.54) is 22.6 Å². The summed E-state index contributed by atoms with van der Waals surface area (Å²) in [5, 5.41) is 6.03. The topological polar surface area (TPSA) is 44.7 Å². The summed E-state index contributed by atoms with van der Waals surface area (Å²) in [4.78, 5) is 15.0. The zero-order valence-corrected chi connectivity index (χ0v) is 16.3. The van der Waals surface area contributed by atoms with Gasteiger partial charge >= 0.3 is 0 Å². The van der Waals surface area contributed by atoms with Crippen molar-refractivity contribution in [3.8, 4) is 0 Å². The highest BCUT2D eigenvalue weighted by atomic mass is 32.1. The zero-order chi connectivity index (χ0) is 18.2. The lowest BCUT2D eigenvalue weighted by Crippen LogP contribution is -2.45. The first-order chi connectivity index (χ1) is 11.8.